The van der Waals surface area contributed by atoms with Crippen LogP contribution in [0.25, 0.3) is 0 Å². The van der Waals surface area contributed by atoms with Crippen LogP contribution >= 0.6 is 0 Å². The summed E-state index contributed by atoms with van der Waals surface area (Å²) in [6.07, 6.45) is 0.734. The van der Waals surface area contributed by atoms with Gasteiger partial charge in [-0.05, 0) is 31.9 Å². The topological polar surface area (TPSA) is 90.6 Å². The van der Waals surface area contributed by atoms with Gasteiger partial charge in [0.05, 0.1) is 25.3 Å². The van der Waals surface area contributed by atoms with Crippen molar-refractivity contribution < 1.29 is 18.7 Å². The Balaban J connectivity index is 1.64. The van der Waals surface area contributed by atoms with Gasteiger partial charge in [-0.2, -0.15) is 5.10 Å². The molecular formula is C22H30FN5O3. The van der Waals surface area contributed by atoms with Crippen molar-refractivity contribution in [2.24, 2.45) is 0 Å². The number of aromatic nitrogens is 2. The first-order valence-corrected chi connectivity index (χ1v) is 10.4. The number of halogens is 1. The summed E-state index contributed by atoms with van der Waals surface area (Å²) in [6.45, 7) is 5.69. The number of aromatic amines is 1. The lowest BCUT2D eigenvalue weighted by atomic mass is 10.1. The lowest BCUT2D eigenvalue weighted by Gasteiger charge is -2.35. The second-order valence-corrected chi connectivity index (χ2v) is 7.92. The van der Waals surface area contributed by atoms with Crippen LogP contribution in [0.1, 0.15) is 28.9 Å². The van der Waals surface area contributed by atoms with E-state index in [0.29, 0.717) is 37.4 Å². The number of rotatable bonds is 8. The summed E-state index contributed by atoms with van der Waals surface area (Å²) < 4.78 is 19.5. The van der Waals surface area contributed by atoms with Crippen molar-refractivity contribution in [2.45, 2.75) is 39.3 Å². The highest BCUT2D eigenvalue weighted by Gasteiger charge is 2.33. The molecule has 0 unspecified atom stereocenters. The van der Waals surface area contributed by atoms with Crippen LogP contribution in [0.3, 0.4) is 0 Å². The van der Waals surface area contributed by atoms with E-state index in [1.165, 1.54) is 13.2 Å². The highest BCUT2D eigenvalue weighted by atomic mass is 19.1. The van der Waals surface area contributed by atoms with Crippen LogP contribution in [-0.4, -0.2) is 71.6 Å². The van der Waals surface area contributed by atoms with E-state index in [0.717, 1.165) is 17.0 Å². The molecule has 0 bridgehead atoms. The number of methoxy groups -OCH3 is 1. The summed E-state index contributed by atoms with van der Waals surface area (Å²) in [5.74, 6) is -0.281. The zero-order chi connectivity index (χ0) is 22.5. The van der Waals surface area contributed by atoms with Crippen LogP contribution in [0.15, 0.2) is 18.2 Å². The molecule has 2 amide bonds. The number of hydrogen-bond donors (Lipinski definition) is 2. The van der Waals surface area contributed by atoms with Gasteiger partial charge in [-0.3, -0.25) is 19.6 Å². The molecule has 0 saturated carbocycles. The molecule has 1 fully saturated rings. The largest absolute Gasteiger partial charge is 0.497 e. The fraction of sp³-hybridized carbons (Fsp3) is 0.500. The number of piperazine rings is 1. The lowest BCUT2D eigenvalue weighted by molar-refractivity contribution is -0.138. The second kappa shape index (κ2) is 9.91. The van der Waals surface area contributed by atoms with E-state index in [1.54, 1.807) is 24.1 Å². The SMILES string of the molecule is COc1ccc(CN2CCNC(=O)[C@H]2CC(=O)N(C)CCc2c(C)n[nH]c2C)c(F)c1. The van der Waals surface area contributed by atoms with Gasteiger partial charge in [-0.25, -0.2) is 4.39 Å². The number of amides is 2. The first-order valence-electron chi connectivity index (χ1n) is 10.4. The molecule has 168 valence electrons. The fourth-order valence-corrected chi connectivity index (χ4v) is 3.84. The van der Waals surface area contributed by atoms with E-state index in [-0.39, 0.29) is 24.8 Å². The van der Waals surface area contributed by atoms with Crippen LogP contribution in [-0.2, 0) is 22.6 Å². The molecule has 2 aromatic rings. The van der Waals surface area contributed by atoms with Gasteiger partial charge in [0.25, 0.3) is 0 Å². The molecular weight excluding hydrogens is 401 g/mol. The number of likely N-dealkylation sites (N-methyl/N-ethyl adjacent to an activating group) is 1. The molecule has 2 N–H and O–H groups in total. The summed E-state index contributed by atoms with van der Waals surface area (Å²) in [7, 11) is 3.22. The molecule has 0 spiro atoms. The first-order chi connectivity index (χ1) is 14.8. The minimum atomic E-state index is -0.636. The summed E-state index contributed by atoms with van der Waals surface area (Å²) in [4.78, 5) is 28.9. The summed E-state index contributed by atoms with van der Waals surface area (Å²) >= 11 is 0. The standard InChI is InChI=1S/C22H30FN5O3/c1-14-18(15(2)26-25-14)7-9-27(3)21(29)12-20-22(30)24-8-10-28(20)13-16-5-6-17(31-4)11-19(16)23/h5-6,11,20H,7-10,12-13H2,1-4H3,(H,24,30)(H,25,26)/t20-/m1/s1. The Hall–Kier alpha value is -2.94. The number of carbonyl (C=O) groups is 2. The number of hydrogen-bond acceptors (Lipinski definition) is 5. The van der Waals surface area contributed by atoms with Gasteiger partial charge in [0, 0.05) is 50.6 Å². The van der Waals surface area contributed by atoms with Crippen LogP contribution < -0.4 is 10.1 Å². The van der Waals surface area contributed by atoms with E-state index in [2.05, 4.69) is 15.5 Å². The Labute approximate surface area is 181 Å². The number of benzene rings is 1. The van der Waals surface area contributed by atoms with Gasteiger partial charge in [0.1, 0.15) is 11.6 Å². The number of aryl methyl sites for hydroxylation is 2. The normalized spacial score (nSPS) is 16.8. The number of carbonyl (C=O) groups excluding carboxylic acids is 2. The van der Waals surface area contributed by atoms with Crippen molar-refractivity contribution in [1.29, 1.82) is 0 Å². The summed E-state index contributed by atoms with van der Waals surface area (Å²) in [5.41, 5.74) is 3.49. The molecule has 1 aromatic carbocycles. The van der Waals surface area contributed by atoms with Crippen LogP contribution in [0.5, 0.6) is 5.75 Å². The number of ether oxygens (including phenoxy) is 1. The predicted octanol–water partition coefficient (Wildman–Crippen LogP) is 1.57. The molecule has 0 radical (unpaired) electrons. The fourth-order valence-electron chi connectivity index (χ4n) is 3.84. The molecule has 1 aliphatic rings. The Kier molecular flexibility index (Phi) is 7.27. The van der Waals surface area contributed by atoms with E-state index in [4.69, 9.17) is 4.74 Å². The van der Waals surface area contributed by atoms with E-state index >= 15 is 0 Å². The number of nitrogens with one attached hydrogen (secondary N) is 2. The molecule has 0 aliphatic carbocycles. The minimum Gasteiger partial charge on any atom is -0.497 e. The first kappa shape index (κ1) is 22.7. The van der Waals surface area contributed by atoms with Gasteiger partial charge in [0.2, 0.25) is 11.8 Å². The lowest BCUT2D eigenvalue weighted by Crippen LogP contribution is -2.56. The van der Waals surface area contributed by atoms with Crippen LogP contribution in [0.4, 0.5) is 4.39 Å². The molecule has 1 aromatic heterocycles. The molecule has 3 rings (SSSR count). The molecule has 1 saturated heterocycles. The van der Waals surface area contributed by atoms with Crippen molar-refractivity contribution >= 4 is 11.8 Å². The Morgan fingerprint density at radius 1 is 1.39 bits per heavy atom. The van der Waals surface area contributed by atoms with Crippen molar-refractivity contribution in [3.8, 4) is 5.75 Å². The molecule has 1 aliphatic heterocycles. The molecule has 9 heteroatoms. The van der Waals surface area contributed by atoms with E-state index in [1.807, 2.05) is 18.7 Å². The van der Waals surface area contributed by atoms with Crippen LogP contribution in [0.2, 0.25) is 0 Å². The molecule has 2 heterocycles. The maximum atomic E-state index is 14.4. The van der Waals surface area contributed by atoms with Gasteiger partial charge in [0.15, 0.2) is 0 Å². The molecule has 8 nitrogen and oxygen atoms in total. The quantitative estimate of drug-likeness (QED) is 0.662. The molecule has 1 atom stereocenters. The Morgan fingerprint density at radius 2 is 2.16 bits per heavy atom. The molecule has 31 heavy (non-hydrogen) atoms. The Bertz CT molecular complexity index is 926. The van der Waals surface area contributed by atoms with Crippen molar-refractivity contribution in [1.82, 2.24) is 25.3 Å². The van der Waals surface area contributed by atoms with Gasteiger partial charge >= 0.3 is 0 Å². The zero-order valence-corrected chi connectivity index (χ0v) is 18.5. The minimum absolute atomic E-state index is 0.0451. The maximum Gasteiger partial charge on any atom is 0.237 e. The van der Waals surface area contributed by atoms with E-state index < -0.39 is 11.9 Å². The van der Waals surface area contributed by atoms with E-state index in [9.17, 15) is 14.0 Å². The number of nitrogens with zero attached hydrogens (tertiary/aromatic N) is 3. The number of H-pyrrole nitrogens is 1. The average molecular weight is 432 g/mol. The summed E-state index contributed by atoms with van der Waals surface area (Å²) in [6, 6.07) is 4.03. The smallest absolute Gasteiger partial charge is 0.237 e. The third-order valence-corrected chi connectivity index (χ3v) is 5.85. The van der Waals surface area contributed by atoms with Gasteiger partial charge < -0.3 is 15.0 Å². The highest BCUT2D eigenvalue weighted by molar-refractivity contribution is 5.88. The zero-order valence-electron chi connectivity index (χ0n) is 18.5. The predicted molar refractivity (Wildman–Crippen MR) is 114 cm³/mol. The Morgan fingerprint density at radius 3 is 2.81 bits per heavy atom. The second-order valence-electron chi connectivity index (χ2n) is 7.92. The third-order valence-electron chi connectivity index (χ3n) is 5.85. The van der Waals surface area contributed by atoms with Crippen molar-refractivity contribution in [3.63, 3.8) is 0 Å². The average Bonchev–Trinajstić information content (AvgIpc) is 3.07. The summed E-state index contributed by atoms with van der Waals surface area (Å²) in [5, 5.41) is 9.95. The van der Waals surface area contributed by atoms with Crippen LogP contribution in [0, 0.1) is 19.7 Å². The van der Waals surface area contributed by atoms with Crippen molar-refractivity contribution in [3.05, 3.63) is 46.5 Å². The van der Waals surface area contributed by atoms with Gasteiger partial charge in [-0.15, -0.1) is 0 Å². The van der Waals surface area contributed by atoms with Gasteiger partial charge in [-0.1, -0.05) is 6.07 Å². The highest BCUT2D eigenvalue weighted by Crippen LogP contribution is 2.21. The third kappa shape index (κ3) is 5.41. The monoisotopic (exact) mass is 431 g/mol. The maximum absolute atomic E-state index is 14.4. The van der Waals surface area contributed by atoms with Crippen molar-refractivity contribution in [2.75, 3.05) is 33.8 Å².